The number of hydrogen-bond acceptors (Lipinski definition) is 3. The average molecular weight is 428 g/mol. The lowest BCUT2D eigenvalue weighted by Crippen LogP contribution is -2.32. The molecule has 0 bridgehead atoms. The van der Waals surface area contributed by atoms with Crippen LogP contribution >= 0.6 is 24.0 Å². The van der Waals surface area contributed by atoms with Gasteiger partial charge in [-0.3, -0.25) is 5.10 Å². The summed E-state index contributed by atoms with van der Waals surface area (Å²) in [6, 6.07) is 8.02. The summed E-state index contributed by atoms with van der Waals surface area (Å²) in [4.78, 5) is 8.70. The van der Waals surface area contributed by atoms with E-state index in [1.165, 1.54) is 0 Å². The fraction of sp³-hybridized carbons (Fsp3) is 0.438. The minimum absolute atomic E-state index is 0. The van der Waals surface area contributed by atoms with Crippen molar-refractivity contribution < 1.29 is 0 Å². The van der Waals surface area contributed by atoms with Crippen molar-refractivity contribution >= 4 is 29.9 Å². The molecule has 0 aliphatic heterocycles. The Hall–Kier alpha value is -1.64. The van der Waals surface area contributed by atoms with Gasteiger partial charge < -0.3 is 11.1 Å². The van der Waals surface area contributed by atoms with Crippen LogP contribution in [0.5, 0.6) is 0 Å². The number of H-pyrrole nitrogens is 1. The minimum Gasteiger partial charge on any atom is -0.370 e. The first-order chi connectivity index (χ1) is 10.5. The van der Waals surface area contributed by atoms with Crippen molar-refractivity contribution in [3.8, 4) is 11.4 Å². The molecule has 126 valence electrons. The Morgan fingerprint density at radius 3 is 2.83 bits per heavy atom. The van der Waals surface area contributed by atoms with Gasteiger partial charge in [-0.1, -0.05) is 32.0 Å². The first-order valence-corrected chi connectivity index (χ1v) is 7.56. The standard InChI is InChI=1S/C16H24N6.HI/c1-11(2)7-8-18-16(17)19-10-13-5-4-6-14(9-13)15-20-12(3)21-22-15;/h4-6,9,11H,7-8,10H2,1-3H3,(H3,17,18,19)(H,20,21,22);1H. The topological polar surface area (TPSA) is 92.0 Å². The molecule has 0 aliphatic rings. The normalized spacial score (nSPS) is 11.4. The molecule has 0 aliphatic carbocycles. The molecular weight excluding hydrogens is 403 g/mol. The number of halogens is 1. The largest absolute Gasteiger partial charge is 0.370 e. The summed E-state index contributed by atoms with van der Waals surface area (Å²) in [6.45, 7) is 7.64. The number of guanidine groups is 1. The zero-order valence-corrected chi connectivity index (χ0v) is 16.2. The van der Waals surface area contributed by atoms with Crippen molar-refractivity contribution in [2.75, 3.05) is 6.54 Å². The zero-order chi connectivity index (χ0) is 15.9. The Morgan fingerprint density at radius 1 is 1.39 bits per heavy atom. The zero-order valence-electron chi connectivity index (χ0n) is 13.8. The van der Waals surface area contributed by atoms with Gasteiger partial charge in [-0.2, -0.15) is 5.10 Å². The predicted molar refractivity (Wildman–Crippen MR) is 105 cm³/mol. The van der Waals surface area contributed by atoms with E-state index in [-0.39, 0.29) is 24.0 Å². The highest BCUT2D eigenvalue weighted by atomic mass is 127. The second-order valence-corrected chi connectivity index (χ2v) is 5.76. The molecule has 0 saturated carbocycles. The van der Waals surface area contributed by atoms with E-state index in [0.29, 0.717) is 24.2 Å². The summed E-state index contributed by atoms with van der Waals surface area (Å²) in [5.41, 5.74) is 7.92. The molecule has 6 nitrogen and oxygen atoms in total. The first-order valence-electron chi connectivity index (χ1n) is 7.56. The van der Waals surface area contributed by atoms with Crippen LogP contribution in [-0.4, -0.2) is 27.7 Å². The van der Waals surface area contributed by atoms with E-state index < -0.39 is 0 Å². The van der Waals surface area contributed by atoms with E-state index in [1.54, 1.807) is 0 Å². The quantitative estimate of drug-likeness (QED) is 0.375. The number of nitrogens with zero attached hydrogens (tertiary/aromatic N) is 3. The van der Waals surface area contributed by atoms with Gasteiger partial charge in [-0.25, -0.2) is 9.98 Å². The van der Waals surface area contributed by atoms with Crippen LogP contribution in [0.25, 0.3) is 11.4 Å². The molecule has 1 aromatic carbocycles. The lowest BCUT2D eigenvalue weighted by molar-refractivity contribution is 0.576. The Balaban J connectivity index is 0.00000264. The van der Waals surface area contributed by atoms with Gasteiger partial charge in [0, 0.05) is 12.1 Å². The number of nitrogens with one attached hydrogen (secondary N) is 2. The van der Waals surface area contributed by atoms with Gasteiger partial charge in [0.05, 0.1) is 6.54 Å². The maximum Gasteiger partial charge on any atom is 0.188 e. The summed E-state index contributed by atoms with van der Waals surface area (Å²) >= 11 is 0. The van der Waals surface area contributed by atoms with Crippen LogP contribution in [0.2, 0.25) is 0 Å². The number of aromatic amines is 1. The van der Waals surface area contributed by atoms with Crippen molar-refractivity contribution in [2.45, 2.75) is 33.7 Å². The Bertz CT molecular complexity index is 635. The van der Waals surface area contributed by atoms with Crippen LogP contribution < -0.4 is 11.1 Å². The maximum absolute atomic E-state index is 5.87. The molecule has 1 heterocycles. The number of aromatic nitrogens is 3. The second-order valence-electron chi connectivity index (χ2n) is 5.76. The number of rotatable bonds is 6. The molecule has 0 spiro atoms. The van der Waals surface area contributed by atoms with Gasteiger partial charge in [0.1, 0.15) is 5.82 Å². The van der Waals surface area contributed by atoms with E-state index in [4.69, 9.17) is 5.73 Å². The van der Waals surface area contributed by atoms with Crippen LogP contribution in [0.4, 0.5) is 0 Å². The average Bonchev–Trinajstić information content (AvgIpc) is 2.92. The summed E-state index contributed by atoms with van der Waals surface area (Å²) < 4.78 is 0. The van der Waals surface area contributed by atoms with Crippen LogP contribution in [0.15, 0.2) is 29.3 Å². The van der Waals surface area contributed by atoms with Gasteiger partial charge in [-0.15, -0.1) is 24.0 Å². The molecule has 4 N–H and O–H groups in total. The second kappa shape index (κ2) is 9.49. The SMILES string of the molecule is Cc1nc(-c2cccc(CN=C(N)NCCC(C)C)c2)n[nH]1.I. The van der Waals surface area contributed by atoms with Gasteiger partial charge in [0.2, 0.25) is 0 Å². The maximum atomic E-state index is 5.87. The molecule has 0 amide bonds. The van der Waals surface area contributed by atoms with Crippen LogP contribution in [-0.2, 0) is 6.54 Å². The first kappa shape index (κ1) is 19.4. The molecule has 7 heteroatoms. The summed E-state index contributed by atoms with van der Waals surface area (Å²) in [7, 11) is 0. The Kier molecular flexibility index (Phi) is 8.01. The minimum atomic E-state index is 0. The van der Waals surface area contributed by atoms with Crippen molar-refractivity contribution in [1.29, 1.82) is 0 Å². The van der Waals surface area contributed by atoms with Crippen LogP contribution in [0.3, 0.4) is 0 Å². The third-order valence-electron chi connectivity index (χ3n) is 3.24. The van der Waals surface area contributed by atoms with Crippen molar-refractivity contribution in [3.05, 3.63) is 35.7 Å². The monoisotopic (exact) mass is 428 g/mol. The number of aliphatic imine (C=N–C) groups is 1. The van der Waals surface area contributed by atoms with E-state index in [0.717, 1.165) is 29.9 Å². The van der Waals surface area contributed by atoms with Crippen molar-refractivity contribution in [2.24, 2.45) is 16.6 Å². The Morgan fingerprint density at radius 2 is 2.17 bits per heavy atom. The summed E-state index contributed by atoms with van der Waals surface area (Å²) in [6.07, 6.45) is 1.08. The molecule has 2 aromatic rings. The fourth-order valence-corrected chi connectivity index (χ4v) is 2.00. The van der Waals surface area contributed by atoms with E-state index >= 15 is 0 Å². The van der Waals surface area contributed by atoms with E-state index in [1.807, 2.05) is 31.2 Å². The summed E-state index contributed by atoms with van der Waals surface area (Å²) in [5, 5.41) is 10.2. The Labute approximate surface area is 154 Å². The molecule has 23 heavy (non-hydrogen) atoms. The fourth-order valence-electron chi connectivity index (χ4n) is 2.00. The van der Waals surface area contributed by atoms with Crippen LogP contribution in [0, 0.1) is 12.8 Å². The molecule has 0 unspecified atom stereocenters. The molecule has 0 atom stereocenters. The number of nitrogens with two attached hydrogens (primary N) is 1. The van der Waals surface area contributed by atoms with E-state index in [2.05, 4.69) is 39.3 Å². The smallest absolute Gasteiger partial charge is 0.188 e. The molecular formula is C16H25IN6. The van der Waals surface area contributed by atoms with Crippen molar-refractivity contribution in [1.82, 2.24) is 20.5 Å². The number of hydrogen-bond donors (Lipinski definition) is 3. The van der Waals surface area contributed by atoms with Gasteiger partial charge in [0.25, 0.3) is 0 Å². The van der Waals surface area contributed by atoms with E-state index in [9.17, 15) is 0 Å². The third-order valence-corrected chi connectivity index (χ3v) is 3.24. The van der Waals surface area contributed by atoms with Gasteiger partial charge in [0.15, 0.2) is 11.8 Å². The summed E-state index contributed by atoms with van der Waals surface area (Å²) in [5.74, 6) is 2.64. The van der Waals surface area contributed by atoms with Crippen LogP contribution in [0.1, 0.15) is 31.7 Å². The predicted octanol–water partition coefficient (Wildman–Crippen LogP) is 2.85. The van der Waals surface area contributed by atoms with Crippen molar-refractivity contribution in [3.63, 3.8) is 0 Å². The highest BCUT2D eigenvalue weighted by molar-refractivity contribution is 14.0. The molecule has 0 saturated heterocycles. The molecule has 1 aromatic heterocycles. The highest BCUT2D eigenvalue weighted by Gasteiger charge is 2.04. The molecule has 0 fully saturated rings. The lowest BCUT2D eigenvalue weighted by Gasteiger charge is -2.07. The number of aryl methyl sites for hydroxylation is 1. The third kappa shape index (κ3) is 6.55. The number of benzene rings is 1. The lowest BCUT2D eigenvalue weighted by atomic mass is 10.1. The molecule has 0 radical (unpaired) electrons. The molecule has 2 rings (SSSR count). The van der Waals surface area contributed by atoms with Gasteiger partial charge in [-0.05, 0) is 30.9 Å². The van der Waals surface area contributed by atoms with Gasteiger partial charge >= 0.3 is 0 Å². The highest BCUT2D eigenvalue weighted by Crippen LogP contribution is 2.16.